The smallest absolute Gasteiger partial charge is 0.405 e. The zero-order valence-electron chi connectivity index (χ0n) is 14.0. The molecule has 0 aliphatic heterocycles. The molecule has 1 unspecified atom stereocenters. The Kier molecular flexibility index (Phi) is 9.50. The average molecular weight is 355 g/mol. The highest BCUT2D eigenvalue weighted by Gasteiger charge is 2.25. The minimum absolute atomic E-state index is 0.0248. The third kappa shape index (κ3) is 9.58. The summed E-state index contributed by atoms with van der Waals surface area (Å²) in [7, 11) is -2.36. The lowest BCUT2D eigenvalue weighted by atomic mass is 10.00. The van der Waals surface area contributed by atoms with Gasteiger partial charge in [-0.3, -0.25) is 14.1 Å². The quantitative estimate of drug-likeness (QED) is 0.383. The van der Waals surface area contributed by atoms with E-state index in [1.165, 1.54) is 7.11 Å². The number of rotatable bonds is 9. The molecule has 0 radical (unpaired) electrons. The second kappa shape index (κ2) is 9.67. The van der Waals surface area contributed by atoms with E-state index in [4.69, 9.17) is 13.8 Å². The second-order valence-electron chi connectivity index (χ2n) is 5.77. The lowest BCUT2D eigenvalue weighted by Gasteiger charge is -2.18. The molecule has 0 heterocycles. The summed E-state index contributed by atoms with van der Waals surface area (Å²) in [6.45, 7) is 8.68. The summed E-state index contributed by atoms with van der Waals surface area (Å²) in [5.41, 5.74) is -0.436. The molecule has 7 nitrogen and oxygen atoms in total. The van der Waals surface area contributed by atoms with Crippen molar-refractivity contribution in [2.75, 3.05) is 26.0 Å². The molecule has 0 spiro atoms. The fraction of sp³-hybridized carbons (Fsp3) is 0.846. The lowest BCUT2D eigenvalue weighted by molar-refractivity contribution is -0.146. The van der Waals surface area contributed by atoms with Crippen LogP contribution in [0.25, 0.3) is 0 Å². The molecule has 0 bridgehead atoms. The lowest BCUT2D eigenvalue weighted by Crippen LogP contribution is -2.26. The summed E-state index contributed by atoms with van der Waals surface area (Å²) in [6.07, 6.45) is -0.253. The van der Waals surface area contributed by atoms with Crippen molar-refractivity contribution in [1.29, 1.82) is 0 Å². The molecule has 1 N–H and O–H groups in total. The van der Waals surface area contributed by atoms with E-state index in [9.17, 15) is 14.2 Å². The summed E-state index contributed by atoms with van der Waals surface area (Å²) in [6, 6.07) is 0. The first-order valence-corrected chi connectivity index (χ1v) is 9.45. The molecule has 0 aromatic carbocycles. The van der Waals surface area contributed by atoms with Gasteiger partial charge in [-0.15, -0.1) is 0 Å². The van der Waals surface area contributed by atoms with Crippen LogP contribution in [0.15, 0.2) is 0 Å². The van der Waals surface area contributed by atoms with Crippen LogP contribution in [0, 0.1) is 5.41 Å². The minimum Gasteiger partial charge on any atom is -0.462 e. The zero-order chi connectivity index (χ0) is 17.4. The van der Waals surface area contributed by atoms with E-state index in [-0.39, 0.29) is 24.4 Å². The van der Waals surface area contributed by atoms with E-state index in [1.807, 2.05) is 20.8 Å². The predicted molar refractivity (Wildman–Crippen MR) is 86.7 cm³/mol. The maximum atomic E-state index is 12.2. The largest absolute Gasteiger partial charge is 0.462 e. The Labute approximate surface area is 136 Å². The number of hydrogen-bond acceptors (Lipinski definition) is 7. The topological polar surface area (TPSA) is 90.9 Å². The SMILES string of the molecule is COP(=O)(NCC(=O)OC(C)C)OCCSC(=O)C(C)(C)C. The van der Waals surface area contributed by atoms with Crippen LogP contribution < -0.4 is 5.09 Å². The second-order valence-corrected chi connectivity index (χ2v) is 8.77. The highest BCUT2D eigenvalue weighted by Crippen LogP contribution is 2.42. The average Bonchev–Trinajstić information content (AvgIpc) is 2.39. The van der Waals surface area contributed by atoms with Gasteiger partial charge in [0.2, 0.25) is 0 Å². The number of carbonyl (C=O) groups is 2. The van der Waals surface area contributed by atoms with Crippen molar-refractivity contribution < 1.29 is 27.9 Å². The highest BCUT2D eigenvalue weighted by molar-refractivity contribution is 8.13. The van der Waals surface area contributed by atoms with Gasteiger partial charge >= 0.3 is 13.7 Å². The van der Waals surface area contributed by atoms with Crippen LogP contribution in [0.3, 0.4) is 0 Å². The van der Waals surface area contributed by atoms with Crippen LogP contribution in [-0.4, -0.2) is 43.2 Å². The van der Waals surface area contributed by atoms with Crippen LogP contribution in [0.2, 0.25) is 0 Å². The first kappa shape index (κ1) is 21.6. The number of ether oxygens (including phenoxy) is 1. The monoisotopic (exact) mass is 355 g/mol. The summed E-state index contributed by atoms with van der Waals surface area (Å²) in [4.78, 5) is 23.1. The first-order chi connectivity index (χ1) is 10.00. The zero-order valence-corrected chi connectivity index (χ0v) is 15.7. The molecule has 0 saturated carbocycles. The number of carbonyl (C=O) groups excluding carboxylic acids is 2. The molecule has 0 aromatic rings. The van der Waals surface area contributed by atoms with Crippen molar-refractivity contribution in [2.24, 2.45) is 5.41 Å². The standard InChI is InChI=1S/C13H26NO6PS/c1-10(2)20-11(15)9-14-21(17,18-6)19-7-8-22-12(16)13(3,4)5/h10H,7-9H2,1-6H3,(H,14,17). The Balaban J connectivity index is 4.16. The molecule has 0 aliphatic carbocycles. The van der Waals surface area contributed by atoms with Gasteiger partial charge in [0.25, 0.3) is 0 Å². The fourth-order valence-electron chi connectivity index (χ4n) is 1.14. The molecular formula is C13H26NO6PS. The van der Waals surface area contributed by atoms with Crippen LogP contribution in [0.4, 0.5) is 0 Å². The van der Waals surface area contributed by atoms with Gasteiger partial charge in [-0.1, -0.05) is 32.5 Å². The minimum atomic E-state index is -3.57. The summed E-state index contributed by atoms with van der Waals surface area (Å²) in [5.74, 6) is -0.199. The van der Waals surface area contributed by atoms with E-state index >= 15 is 0 Å². The molecule has 130 valence electrons. The highest BCUT2D eigenvalue weighted by atomic mass is 32.2. The number of hydrogen-bond donors (Lipinski definition) is 1. The van der Waals surface area contributed by atoms with Gasteiger partial charge in [-0.05, 0) is 13.8 Å². The molecule has 9 heteroatoms. The molecule has 0 rings (SSSR count). The van der Waals surface area contributed by atoms with Crippen LogP contribution in [0.1, 0.15) is 34.6 Å². The van der Waals surface area contributed by atoms with Crippen molar-refractivity contribution in [3.05, 3.63) is 0 Å². The van der Waals surface area contributed by atoms with Crippen molar-refractivity contribution in [3.63, 3.8) is 0 Å². The molecular weight excluding hydrogens is 329 g/mol. The third-order valence-electron chi connectivity index (χ3n) is 2.21. The Hall–Kier alpha value is -0.400. The number of nitrogens with one attached hydrogen (secondary N) is 1. The van der Waals surface area contributed by atoms with Crippen molar-refractivity contribution in [3.8, 4) is 0 Å². The van der Waals surface area contributed by atoms with Gasteiger partial charge in [-0.2, -0.15) is 0 Å². The Morgan fingerprint density at radius 1 is 1.27 bits per heavy atom. The van der Waals surface area contributed by atoms with Gasteiger partial charge < -0.3 is 9.26 Å². The van der Waals surface area contributed by atoms with Gasteiger partial charge in [0.1, 0.15) is 6.54 Å². The molecule has 22 heavy (non-hydrogen) atoms. The van der Waals surface area contributed by atoms with Crippen molar-refractivity contribution in [2.45, 2.75) is 40.7 Å². The van der Waals surface area contributed by atoms with Crippen LogP contribution in [-0.2, 0) is 27.9 Å². The van der Waals surface area contributed by atoms with Gasteiger partial charge in [0.05, 0.1) is 12.7 Å². The first-order valence-electron chi connectivity index (χ1n) is 6.92. The summed E-state index contributed by atoms with van der Waals surface area (Å²) >= 11 is 1.11. The molecule has 1 atom stereocenters. The number of thioether (sulfide) groups is 1. The maximum absolute atomic E-state index is 12.2. The van der Waals surface area contributed by atoms with E-state index < -0.39 is 19.1 Å². The molecule has 0 aliphatic rings. The molecule has 0 amide bonds. The molecule has 0 saturated heterocycles. The van der Waals surface area contributed by atoms with Crippen LogP contribution >= 0.6 is 19.5 Å². The van der Waals surface area contributed by atoms with Crippen molar-refractivity contribution >= 4 is 30.6 Å². The van der Waals surface area contributed by atoms with E-state index in [1.54, 1.807) is 13.8 Å². The summed E-state index contributed by atoms with van der Waals surface area (Å²) in [5, 5.41) is 2.44. The Morgan fingerprint density at radius 3 is 2.32 bits per heavy atom. The normalized spacial score (nSPS) is 14.7. The fourth-order valence-corrected chi connectivity index (χ4v) is 3.03. The van der Waals surface area contributed by atoms with E-state index in [2.05, 4.69) is 5.09 Å². The predicted octanol–water partition coefficient (Wildman–Crippen LogP) is 2.60. The van der Waals surface area contributed by atoms with Crippen molar-refractivity contribution in [1.82, 2.24) is 5.09 Å². The molecule has 0 aromatic heterocycles. The Bertz CT molecular complexity index is 421. The molecule has 0 fully saturated rings. The van der Waals surface area contributed by atoms with E-state index in [0.717, 1.165) is 11.8 Å². The van der Waals surface area contributed by atoms with Gasteiger partial charge in [0.15, 0.2) is 5.12 Å². The van der Waals surface area contributed by atoms with Gasteiger partial charge in [0, 0.05) is 18.3 Å². The van der Waals surface area contributed by atoms with Crippen LogP contribution in [0.5, 0.6) is 0 Å². The van der Waals surface area contributed by atoms with Gasteiger partial charge in [-0.25, -0.2) is 9.65 Å². The van der Waals surface area contributed by atoms with E-state index in [0.29, 0.717) is 5.75 Å². The number of esters is 1. The summed E-state index contributed by atoms with van der Waals surface area (Å²) < 4.78 is 27.0. The Morgan fingerprint density at radius 2 is 1.86 bits per heavy atom. The maximum Gasteiger partial charge on any atom is 0.405 e. The third-order valence-corrected chi connectivity index (χ3v) is 5.01.